The molecular weight excluding hydrogens is 460 g/mol. The van der Waals surface area contributed by atoms with E-state index in [2.05, 4.69) is 10.4 Å². The lowest BCUT2D eigenvalue weighted by Crippen LogP contribution is -2.28. The van der Waals surface area contributed by atoms with E-state index in [1.807, 2.05) is 0 Å². The van der Waals surface area contributed by atoms with Gasteiger partial charge in [0, 0.05) is 11.6 Å². The van der Waals surface area contributed by atoms with Crippen molar-refractivity contribution in [1.82, 2.24) is 19.8 Å². The van der Waals surface area contributed by atoms with Gasteiger partial charge in [-0.2, -0.15) is 35.7 Å². The Hall–Kier alpha value is -3.71. The molecule has 0 spiro atoms. The third-order valence-electron chi connectivity index (χ3n) is 4.83. The molecule has 0 radical (unpaired) electrons. The summed E-state index contributed by atoms with van der Waals surface area (Å²) in [6.07, 6.45) is -10.0. The Bertz CT molecular complexity index is 1230. The van der Waals surface area contributed by atoms with Crippen LogP contribution in [0.4, 0.5) is 32.0 Å². The van der Waals surface area contributed by atoms with Gasteiger partial charge in [-0.3, -0.25) is 10.1 Å². The molecule has 2 aromatic carbocycles. The summed E-state index contributed by atoms with van der Waals surface area (Å²) in [4.78, 5) is 23.1. The predicted octanol–water partition coefficient (Wildman–Crippen LogP) is 4.49. The number of hydrogen-bond acceptors (Lipinski definition) is 5. The van der Waals surface area contributed by atoms with E-state index in [-0.39, 0.29) is 18.2 Å². The molecule has 0 aliphatic rings. The van der Waals surface area contributed by atoms with Crippen molar-refractivity contribution >= 4 is 5.69 Å². The van der Waals surface area contributed by atoms with E-state index in [0.717, 1.165) is 4.68 Å². The number of nitrogens with zero attached hydrogens (tertiary/aromatic N) is 5. The van der Waals surface area contributed by atoms with Crippen LogP contribution in [0, 0.1) is 17.0 Å². The number of rotatable bonds is 5. The third kappa shape index (κ3) is 5.04. The maximum absolute atomic E-state index is 13.1. The standard InChI is InChI=1S/C19H15F6N5O3/c1-10-5-12(3-4-16(10)30(32)33)6-11(2)28-17(31)29(27-26-28)15-8-13(18(20,21)22)7-14(9-15)19(23,24)25/h3-5,7-9,11H,6H2,1-2H3. The molecule has 0 amide bonds. The highest BCUT2D eigenvalue weighted by Crippen LogP contribution is 2.36. The lowest BCUT2D eigenvalue weighted by atomic mass is 10.0. The van der Waals surface area contributed by atoms with E-state index in [4.69, 9.17) is 0 Å². The summed E-state index contributed by atoms with van der Waals surface area (Å²) in [6, 6.07) is 4.28. The minimum atomic E-state index is -5.09. The van der Waals surface area contributed by atoms with Crippen molar-refractivity contribution in [2.75, 3.05) is 0 Å². The highest BCUT2D eigenvalue weighted by Gasteiger charge is 2.37. The number of benzene rings is 2. The molecule has 3 aromatic rings. The van der Waals surface area contributed by atoms with Crippen molar-refractivity contribution in [3.8, 4) is 5.69 Å². The minimum Gasteiger partial charge on any atom is -0.258 e. The number of nitro benzene ring substituents is 1. The second-order valence-corrected chi connectivity index (χ2v) is 7.31. The molecule has 0 aliphatic carbocycles. The number of nitro groups is 1. The molecule has 176 valence electrons. The Balaban J connectivity index is 1.98. The quantitative estimate of drug-likeness (QED) is 0.308. The molecule has 8 nitrogen and oxygen atoms in total. The lowest BCUT2D eigenvalue weighted by Gasteiger charge is -2.13. The lowest BCUT2D eigenvalue weighted by molar-refractivity contribution is -0.385. The number of hydrogen-bond donors (Lipinski definition) is 0. The summed E-state index contributed by atoms with van der Waals surface area (Å²) < 4.78 is 79.8. The van der Waals surface area contributed by atoms with Crippen LogP contribution in [0.3, 0.4) is 0 Å². The van der Waals surface area contributed by atoms with Gasteiger partial charge in [0.15, 0.2) is 0 Å². The van der Waals surface area contributed by atoms with Crippen LogP contribution in [-0.2, 0) is 18.8 Å². The Labute approximate surface area is 181 Å². The van der Waals surface area contributed by atoms with Crippen LogP contribution in [0.15, 0.2) is 41.2 Å². The second-order valence-electron chi connectivity index (χ2n) is 7.31. The molecule has 0 bridgehead atoms. The number of aryl methyl sites for hydroxylation is 1. The molecule has 14 heteroatoms. The molecule has 33 heavy (non-hydrogen) atoms. The van der Waals surface area contributed by atoms with E-state index in [1.165, 1.54) is 32.0 Å². The fourth-order valence-electron chi connectivity index (χ4n) is 3.23. The molecular formula is C19H15F6N5O3. The number of aromatic nitrogens is 4. The number of alkyl halides is 6. The SMILES string of the molecule is Cc1cc(CC(C)n2nnn(-c3cc(C(F)(F)F)cc(C(F)(F)F)c3)c2=O)ccc1[N+](=O)[O-]. The molecule has 0 N–H and O–H groups in total. The Morgan fingerprint density at radius 1 is 1.00 bits per heavy atom. The normalized spacial score (nSPS) is 13.2. The molecule has 1 heterocycles. The van der Waals surface area contributed by atoms with Gasteiger partial charge in [0.2, 0.25) is 0 Å². The molecule has 0 saturated heterocycles. The monoisotopic (exact) mass is 475 g/mol. The van der Waals surface area contributed by atoms with Gasteiger partial charge in [-0.15, -0.1) is 0 Å². The highest BCUT2D eigenvalue weighted by molar-refractivity contribution is 5.42. The minimum absolute atomic E-state index is 0.0570. The largest absolute Gasteiger partial charge is 0.416 e. The Kier molecular flexibility index (Phi) is 6.04. The summed E-state index contributed by atoms with van der Waals surface area (Å²) in [7, 11) is 0. The fourth-order valence-corrected chi connectivity index (χ4v) is 3.23. The van der Waals surface area contributed by atoms with E-state index in [1.54, 1.807) is 0 Å². The molecule has 0 aliphatic heterocycles. The van der Waals surface area contributed by atoms with Gasteiger partial charge in [-0.05, 0) is 60.5 Å². The van der Waals surface area contributed by atoms with Crippen LogP contribution in [0.2, 0.25) is 0 Å². The van der Waals surface area contributed by atoms with Gasteiger partial charge in [-0.1, -0.05) is 6.07 Å². The Morgan fingerprint density at radius 3 is 2.06 bits per heavy atom. The van der Waals surface area contributed by atoms with Gasteiger partial charge in [-0.25, -0.2) is 4.79 Å². The molecule has 0 fully saturated rings. The van der Waals surface area contributed by atoms with E-state index in [0.29, 0.717) is 27.9 Å². The maximum atomic E-state index is 13.1. The number of tetrazole rings is 1. The van der Waals surface area contributed by atoms with Crippen molar-refractivity contribution in [3.63, 3.8) is 0 Å². The highest BCUT2D eigenvalue weighted by atomic mass is 19.4. The van der Waals surface area contributed by atoms with Crippen molar-refractivity contribution < 1.29 is 31.3 Å². The average Bonchev–Trinajstić information content (AvgIpc) is 3.07. The van der Waals surface area contributed by atoms with Crippen LogP contribution < -0.4 is 5.69 Å². The van der Waals surface area contributed by atoms with Crippen LogP contribution in [-0.4, -0.2) is 24.7 Å². The smallest absolute Gasteiger partial charge is 0.258 e. The zero-order valence-electron chi connectivity index (χ0n) is 17.0. The van der Waals surface area contributed by atoms with E-state index < -0.39 is 45.8 Å². The van der Waals surface area contributed by atoms with Crippen LogP contribution >= 0.6 is 0 Å². The summed E-state index contributed by atoms with van der Waals surface area (Å²) in [5.74, 6) is 0. The average molecular weight is 475 g/mol. The first kappa shape index (κ1) is 23.9. The third-order valence-corrected chi connectivity index (χ3v) is 4.83. The van der Waals surface area contributed by atoms with Crippen LogP contribution in [0.5, 0.6) is 0 Å². The summed E-state index contributed by atoms with van der Waals surface area (Å²) in [5, 5.41) is 18.0. The van der Waals surface area contributed by atoms with E-state index >= 15 is 0 Å². The molecule has 0 saturated carbocycles. The topological polar surface area (TPSA) is 95.8 Å². The first-order valence-corrected chi connectivity index (χ1v) is 9.27. The molecule has 1 aromatic heterocycles. The van der Waals surface area contributed by atoms with Crippen molar-refractivity contribution in [2.45, 2.75) is 38.7 Å². The number of halogens is 6. The van der Waals surface area contributed by atoms with Gasteiger partial charge in [0.05, 0.1) is 27.8 Å². The maximum Gasteiger partial charge on any atom is 0.416 e. The van der Waals surface area contributed by atoms with Crippen molar-refractivity contribution in [1.29, 1.82) is 0 Å². The van der Waals surface area contributed by atoms with Crippen molar-refractivity contribution in [2.24, 2.45) is 0 Å². The van der Waals surface area contributed by atoms with Crippen LogP contribution in [0.25, 0.3) is 5.69 Å². The van der Waals surface area contributed by atoms with Gasteiger partial charge in [0.1, 0.15) is 0 Å². The van der Waals surface area contributed by atoms with Crippen molar-refractivity contribution in [3.05, 3.63) is 79.3 Å². The van der Waals surface area contributed by atoms with Gasteiger partial charge < -0.3 is 0 Å². The summed E-state index contributed by atoms with van der Waals surface area (Å²) >= 11 is 0. The summed E-state index contributed by atoms with van der Waals surface area (Å²) in [5.41, 5.74) is -4.10. The van der Waals surface area contributed by atoms with E-state index in [9.17, 15) is 41.3 Å². The van der Waals surface area contributed by atoms with Crippen LogP contribution in [0.1, 0.15) is 35.2 Å². The summed E-state index contributed by atoms with van der Waals surface area (Å²) in [6.45, 7) is 3.06. The molecule has 1 atom stereocenters. The predicted molar refractivity (Wildman–Crippen MR) is 102 cm³/mol. The first-order chi connectivity index (χ1) is 15.2. The molecule has 3 rings (SSSR count). The zero-order valence-corrected chi connectivity index (χ0v) is 17.0. The molecule has 1 unspecified atom stereocenters. The zero-order chi connectivity index (χ0) is 24.7. The second kappa shape index (κ2) is 8.33. The van der Waals surface area contributed by atoms with Gasteiger partial charge in [0.25, 0.3) is 5.69 Å². The Morgan fingerprint density at radius 2 is 1.58 bits per heavy atom. The fraction of sp³-hybridized carbons (Fsp3) is 0.316. The first-order valence-electron chi connectivity index (χ1n) is 9.27. The van der Waals surface area contributed by atoms with Gasteiger partial charge >= 0.3 is 18.0 Å².